The number of Topliss-reactive ketones (excluding diaryl/α,β-unsaturated/α-hetero) is 1. The highest BCUT2D eigenvalue weighted by molar-refractivity contribution is 6.51. The normalized spacial score (nSPS) is 16.6. The van der Waals surface area contributed by atoms with Gasteiger partial charge >= 0.3 is 0 Å². The molecule has 6 heteroatoms. The summed E-state index contributed by atoms with van der Waals surface area (Å²) in [6.07, 6.45) is 3.25. The van der Waals surface area contributed by atoms with Gasteiger partial charge < -0.3 is 9.84 Å². The van der Waals surface area contributed by atoms with Gasteiger partial charge in [0.05, 0.1) is 11.6 Å². The van der Waals surface area contributed by atoms with Gasteiger partial charge in [0.1, 0.15) is 18.1 Å². The first-order valence-corrected chi connectivity index (χ1v) is 12.4. The molecule has 2 heterocycles. The molecule has 38 heavy (non-hydrogen) atoms. The zero-order valence-corrected chi connectivity index (χ0v) is 21.5. The fourth-order valence-corrected chi connectivity index (χ4v) is 4.76. The van der Waals surface area contributed by atoms with Gasteiger partial charge in [-0.2, -0.15) is 0 Å². The van der Waals surface area contributed by atoms with Crippen molar-refractivity contribution < 1.29 is 19.4 Å². The zero-order chi connectivity index (χ0) is 26.8. The van der Waals surface area contributed by atoms with Crippen LogP contribution in [0.5, 0.6) is 5.75 Å². The van der Waals surface area contributed by atoms with Gasteiger partial charge in [-0.05, 0) is 78.9 Å². The van der Waals surface area contributed by atoms with Crippen molar-refractivity contribution in [1.82, 2.24) is 4.98 Å². The number of ketones is 1. The summed E-state index contributed by atoms with van der Waals surface area (Å²) in [5.74, 6) is -0.985. The molecule has 1 fully saturated rings. The smallest absolute Gasteiger partial charge is 0.300 e. The van der Waals surface area contributed by atoms with Crippen molar-refractivity contribution in [3.8, 4) is 5.75 Å². The van der Waals surface area contributed by atoms with Gasteiger partial charge in [-0.25, -0.2) is 0 Å². The van der Waals surface area contributed by atoms with Crippen molar-refractivity contribution >= 4 is 23.1 Å². The standard InChI is InChI=1S/C32H28N2O4/c1-20-11-12-21(2)26(16-20)34-29(25-10-7-15-33-18-25)28(31(36)32(34)37)30(35)24-13-14-27(22(3)17-24)38-19-23-8-5-4-6-9-23/h4-18,29,35H,19H2,1-3H3/b30-28-. The van der Waals surface area contributed by atoms with E-state index in [0.717, 1.165) is 22.3 Å². The fraction of sp³-hybridized carbons (Fsp3) is 0.156. The third-order valence-corrected chi connectivity index (χ3v) is 6.75. The molecule has 1 aromatic heterocycles. The minimum absolute atomic E-state index is 0.0289. The predicted octanol–water partition coefficient (Wildman–Crippen LogP) is 6.21. The highest BCUT2D eigenvalue weighted by Gasteiger charge is 2.47. The topological polar surface area (TPSA) is 79.7 Å². The third-order valence-electron chi connectivity index (χ3n) is 6.75. The summed E-state index contributed by atoms with van der Waals surface area (Å²) in [5.41, 5.74) is 5.37. The van der Waals surface area contributed by atoms with E-state index in [1.165, 1.54) is 4.90 Å². The number of carbonyl (C=O) groups is 2. The lowest BCUT2D eigenvalue weighted by Crippen LogP contribution is -2.30. The van der Waals surface area contributed by atoms with E-state index >= 15 is 0 Å². The molecule has 0 bridgehead atoms. The average molecular weight is 505 g/mol. The molecular formula is C32H28N2O4. The number of aliphatic hydroxyl groups excluding tert-OH is 1. The van der Waals surface area contributed by atoms with E-state index in [1.54, 1.807) is 42.7 Å². The Morgan fingerprint density at radius 1 is 0.921 bits per heavy atom. The lowest BCUT2D eigenvalue weighted by atomic mass is 9.95. The number of carbonyl (C=O) groups excluding carboxylic acids is 2. The molecule has 1 atom stereocenters. The van der Waals surface area contributed by atoms with E-state index in [0.29, 0.717) is 29.2 Å². The average Bonchev–Trinajstić information content (AvgIpc) is 3.20. The van der Waals surface area contributed by atoms with E-state index < -0.39 is 17.7 Å². The summed E-state index contributed by atoms with van der Waals surface area (Å²) in [7, 11) is 0. The zero-order valence-electron chi connectivity index (χ0n) is 21.5. The monoisotopic (exact) mass is 504 g/mol. The molecule has 1 aliphatic rings. The highest BCUT2D eigenvalue weighted by atomic mass is 16.5. The number of nitrogens with zero attached hydrogens (tertiary/aromatic N) is 2. The number of pyridine rings is 1. The second-order valence-electron chi connectivity index (χ2n) is 9.50. The maximum Gasteiger partial charge on any atom is 0.300 e. The number of aromatic nitrogens is 1. The van der Waals surface area contributed by atoms with E-state index in [-0.39, 0.29) is 11.3 Å². The SMILES string of the molecule is Cc1ccc(C)c(N2C(=O)C(=O)/C(=C(\O)c3ccc(OCc4ccccc4)c(C)c3)C2c2cccnc2)c1. The maximum atomic E-state index is 13.4. The molecule has 4 aromatic rings. The third kappa shape index (κ3) is 4.68. The summed E-state index contributed by atoms with van der Waals surface area (Å²) >= 11 is 0. The number of hydrogen-bond acceptors (Lipinski definition) is 5. The summed E-state index contributed by atoms with van der Waals surface area (Å²) < 4.78 is 5.98. The molecule has 1 amide bonds. The molecule has 1 aliphatic heterocycles. The summed E-state index contributed by atoms with van der Waals surface area (Å²) in [6, 6.07) is 23.6. The maximum absolute atomic E-state index is 13.4. The van der Waals surface area contributed by atoms with Crippen LogP contribution in [0.25, 0.3) is 5.76 Å². The van der Waals surface area contributed by atoms with Crippen LogP contribution in [-0.4, -0.2) is 21.8 Å². The van der Waals surface area contributed by atoms with Gasteiger partial charge in [-0.1, -0.05) is 48.5 Å². The van der Waals surface area contributed by atoms with Crippen LogP contribution in [0, 0.1) is 20.8 Å². The molecule has 1 N–H and O–H groups in total. The van der Waals surface area contributed by atoms with Crippen LogP contribution < -0.4 is 9.64 Å². The molecule has 5 rings (SSSR count). The van der Waals surface area contributed by atoms with E-state index in [9.17, 15) is 14.7 Å². The Morgan fingerprint density at radius 2 is 1.71 bits per heavy atom. The van der Waals surface area contributed by atoms with Crippen LogP contribution >= 0.6 is 0 Å². The van der Waals surface area contributed by atoms with Crippen molar-refractivity contribution in [1.29, 1.82) is 0 Å². The van der Waals surface area contributed by atoms with E-state index in [2.05, 4.69) is 4.98 Å². The molecule has 1 unspecified atom stereocenters. The second-order valence-corrected chi connectivity index (χ2v) is 9.50. The Balaban J connectivity index is 1.57. The van der Waals surface area contributed by atoms with Gasteiger partial charge in [-0.3, -0.25) is 19.5 Å². The predicted molar refractivity (Wildman–Crippen MR) is 147 cm³/mol. The molecule has 6 nitrogen and oxygen atoms in total. The number of aliphatic hydroxyl groups is 1. The molecule has 0 radical (unpaired) electrons. The summed E-state index contributed by atoms with van der Waals surface area (Å²) in [4.78, 5) is 32.6. The van der Waals surface area contributed by atoms with Crippen molar-refractivity contribution in [3.05, 3.63) is 130 Å². The number of rotatable bonds is 6. The summed E-state index contributed by atoms with van der Waals surface area (Å²) in [5, 5.41) is 11.5. The Morgan fingerprint density at radius 3 is 2.42 bits per heavy atom. The Kier molecular flexibility index (Phi) is 6.79. The van der Waals surface area contributed by atoms with Crippen molar-refractivity contribution in [3.63, 3.8) is 0 Å². The van der Waals surface area contributed by atoms with Crippen LogP contribution in [0.2, 0.25) is 0 Å². The van der Waals surface area contributed by atoms with Crippen molar-refractivity contribution in [2.75, 3.05) is 4.90 Å². The molecule has 1 saturated heterocycles. The Bertz CT molecular complexity index is 1540. The minimum atomic E-state index is -0.821. The molecule has 3 aromatic carbocycles. The fourth-order valence-electron chi connectivity index (χ4n) is 4.76. The number of ether oxygens (including phenoxy) is 1. The van der Waals surface area contributed by atoms with Crippen LogP contribution in [0.3, 0.4) is 0 Å². The number of aryl methyl sites for hydroxylation is 3. The molecule has 0 spiro atoms. The Hall–Kier alpha value is -4.71. The number of hydrogen-bond donors (Lipinski definition) is 1. The molecule has 0 aliphatic carbocycles. The van der Waals surface area contributed by atoms with Crippen molar-refractivity contribution in [2.45, 2.75) is 33.4 Å². The number of anilines is 1. The van der Waals surface area contributed by atoms with Crippen molar-refractivity contribution in [2.24, 2.45) is 0 Å². The lowest BCUT2D eigenvalue weighted by Gasteiger charge is -2.27. The largest absolute Gasteiger partial charge is 0.507 e. The molecule has 0 saturated carbocycles. The van der Waals surface area contributed by atoms with Crippen LogP contribution in [0.15, 0.2) is 96.8 Å². The molecule has 190 valence electrons. The van der Waals surface area contributed by atoms with Gasteiger partial charge in [-0.15, -0.1) is 0 Å². The lowest BCUT2D eigenvalue weighted by molar-refractivity contribution is -0.132. The highest BCUT2D eigenvalue weighted by Crippen LogP contribution is 2.43. The number of amides is 1. The van der Waals surface area contributed by atoms with Gasteiger partial charge in [0.25, 0.3) is 11.7 Å². The van der Waals surface area contributed by atoms with Crippen LogP contribution in [0.4, 0.5) is 5.69 Å². The minimum Gasteiger partial charge on any atom is -0.507 e. The van der Waals surface area contributed by atoms with Gasteiger partial charge in [0, 0.05) is 23.6 Å². The van der Waals surface area contributed by atoms with Gasteiger partial charge in [0.2, 0.25) is 0 Å². The molecular weight excluding hydrogens is 476 g/mol. The van der Waals surface area contributed by atoms with Gasteiger partial charge in [0.15, 0.2) is 0 Å². The first-order chi connectivity index (χ1) is 18.3. The van der Waals surface area contributed by atoms with E-state index in [1.807, 2.05) is 69.3 Å². The Labute approximate surface area is 221 Å². The number of benzene rings is 3. The van der Waals surface area contributed by atoms with Crippen LogP contribution in [0.1, 0.15) is 39.4 Å². The first kappa shape index (κ1) is 25.0. The first-order valence-electron chi connectivity index (χ1n) is 12.4. The van der Waals surface area contributed by atoms with E-state index in [4.69, 9.17) is 4.74 Å². The quantitative estimate of drug-likeness (QED) is 0.192. The summed E-state index contributed by atoms with van der Waals surface area (Å²) in [6.45, 7) is 6.12. The second kappa shape index (κ2) is 10.3. The van der Waals surface area contributed by atoms with Crippen LogP contribution in [-0.2, 0) is 16.2 Å².